The van der Waals surface area contributed by atoms with Crippen molar-refractivity contribution in [2.24, 2.45) is 9.98 Å². The van der Waals surface area contributed by atoms with Crippen molar-refractivity contribution in [2.75, 3.05) is 18.0 Å². The number of para-hydroxylation sites is 1. The monoisotopic (exact) mass is 629 g/mol. The van der Waals surface area contributed by atoms with Crippen LogP contribution in [0, 0.1) is 6.92 Å². The number of ether oxygens (including phenoxy) is 1. The summed E-state index contributed by atoms with van der Waals surface area (Å²) >= 11 is 0. The molecule has 0 saturated heterocycles. The molecule has 0 atom stereocenters. The third-order valence-corrected chi connectivity index (χ3v) is 8.85. The van der Waals surface area contributed by atoms with Crippen LogP contribution in [0.2, 0.25) is 0 Å². The van der Waals surface area contributed by atoms with Gasteiger partial charge in [0.1, 0.15) is 28.8 Å². The second-order valence-corrected chi connectivity index (χ2v) is 11.8. The average Bonchev–Trinajstić information content (AvgIpc) is 3.86. The lowest BCUT2D eigenvalue weighted by Gasteiger charge is -2.24. The van der Waals surface area contributed by atoms with E-state index in [1.807, 2.05) is 47.3 Å². The summed E-state index contributed by atoms with van der Waals surface area (Å²) in [7, 11) is 0. The van der Waals surface area contributed by atoms with Crippen molar-refractivity contribution in [3.05, 3.63) is 127 Å². The first-order valence-corrected chi connectivity index (χ1v) is 16.4. The summed E-state index contributed by atoms with van der Waals surface area (Å²) in [4.78, 5) is 16.3. The summed E-state index contributed by atoms with van der Waals surface area (Å²) in [5.41, 5.74) is 7.13. The zero-order chi connectivity index (χ0) is 32.6. The van der Waals surface area contributed by atoms with Crippen LogP contribution in [0.5, 0.6) is 11.5 Å². The van der Waals surface area contributed by atoms with Gasteiger partial charge in [-0.3, -0.25) is 14.6 Å². The molecule has 0 N–H and O–H groups in total. The van der Waals surface area contributed by atoms with Gasteiger partial charge in [0.25, 0.3) is 0 Å². The normalized spacial score (nSPS) is 12.8. The Hall–Kier alpha value is -6.02. The molecule has 0 fully saturated rings. The molecule has 236 valence electrons. The van der Waals surface area contributed by atoms with Gasteiger partial charge >= 0.3 is 0 Å². The van der Waals surface area contributed by atoms with E-state index in [2.05, 4.69) is 113 Å². The van der Waals surface area contributed by atoms with E-state index in [4.69, 9.17) is 14.8 Å². The van der Waals surface area contributed by atoms with Crippen molar-refractivity contribution in [1.29, 1.82) is 0 Å². The van der Waals surface area contributed by atoms with Crippen molar-refractivity contribution < 1.29 is 4.74 Å². The number of hydrogen-bond donors (Lipinski definition) is 0. The first-order chi connectivity index (χ1) is 23.6. The van der Waals surface area contributed by atoms with E-state index in [1.54, 1.807) is 12.4 Å². The number of fused-ring (bicyclic) bond motifs is 3. The van der Waals surface area contributed by atoms with Crippen LogP contribution >= 0.6 is 0 Å². The van der Waals surface area contributed by atoms with Gasteiger partial charge < -0.3 is 9.64 Å². The Labute approximate surface area is 279 Å². The molecular weight excluding hydrogens is 594 g/mol. The standard InChI is InChI=1S/C40H35N7O/c1-4-45(5-2)40-37(28-12-7-6-8-13-28)38(39-42-22-23-43-39)44-47(40)29-14-11-15-30(25-29)48-31-18-19-33-32-16-9-10-17-34(32)46(35(33)26-31)36-24-27(3)20-21-41-36/h6-26,39H,4-5H2,1-3H3. The van der Waals surface area contributed by atoms with Crippen molar-refractivity contribution in [2.45, 2.75) is 26.9 Å². The van der Waals surface area contributed by atoms with Gasteiger partial charge in [0.15, 0.2) is 6.17 Å². The van der Waals surface area contributed by atoms with E-state index < -0.39 is 6.17 Å². The number of benzene rings is 4. The minimum atomic E-state index is -0.392. The van der Waals surface area contributed by atoms with E-state index in [-0.39, 0.29) is 0 Å². The van der Waals surface area contributed by atoms with Crippen LogP contribution in [0.4, 0.5) is 5.82 Å². The van der Waals surface area contributed by atoms with E-state index >= 15 is 0 Å². The minimum Gasteiger partial charge on any atom is -0.457 e. The Morgan fingerprint density at radius 2 is 1.48 bits per heavy atom. The molecule has 0 aliphatic carbocycles. The quantitative estimate of drug-likeness (QED) is 0.160. The molecule has 7 aromatic rings. The minimum absolute atomic E-state index is 0.392. The first kappa shape index (κ1) is 29.4. The smallest absolute Gasteiger partial charge is 0.184 e. The third kappa shape index (κ3) is 5.11. The second-order valence-electron chi connectivity index (χ2n) is 11.8. The van der Waals surface area contributed by atoms with Crippen LogP contribution < -0.4 is 9.64 Å². The number of aliphatic imine (C=N–C) groups is 2. The van der Waals surface area contributed by atoms with Gasteiger partial charge in [-0.1, -0.05) is 54.6 Å². The maximum absolute atomic E-state index is 6.60. The Morgan fingerprint density at radius 1 is 0.729 bits per heavy atom. The lowest BCUT2D eigenvalue weighted by molar-refractivity contribution is 0.483. The molecule has 1 aliphatic heterocycles. The highest BCUT2D eigenvalue weighted by Crippen LogP contribution is 2.41. The number of anilines is 1. The van der Waals surface area contributed by atoms with Gasteiger partial charge in [-0.2, -0.15) is 5.10 Å². The predicted octanol–water partition coefficient (Wildman–Crippen LogP) is 9.13. The van der Waals surface area contributed by atoms with E-state index in [0.717, 1.165) is 75.0 Å². The Bertz CT molecular complexity index is 2320. The van der Waals surface area contributed by atoms with Crippen LogP contribution in [-0.2, 0) is 0 Å². The molecule has 48 heavy (non-hydrogen) atoms. The van der Waals surface area contributed by atoms with E-state index in [0.29, 0.717) is 5.75 Å². The number of nitrogens with zero attached hydrogens (tertiary/aromatic N) is 7. The number of aromatic nitrogens is 4. The van der Waals surface area contributed by atoms with Crippen LogP contribution in [0.25, 0.3) is 44.4 Å². The lowest BCUT2D eigenvalue weighted by Crippen LogP contribution is -2.25. The van der Waals surface area contributed by atoms with Gasteiger partial charge in [-0.25, -0.2) is 9.67 Å². The molecule has 3 aromatic heterocycles. The zero-order valence-corrected chi connectivity index (χ0v) is 27.2. The summed E-state index contributed by atoms with van der Waals surface area (Å²) < 4.78 is 10.8. The number of rotatable bonds is 9. The third-order valence-electron chi connectivity index (χ3n) is 8.85. The van der Waals surface area contributed by atoms with Crippen molar-refractivity contribution in [3.63, 3.8) is 0 Å². The van der Waals surface area contributed by atoms with Crippen molar-refractivity contribution in [3.8, 4) is 34.1 Å². The summed E-state index contributed by atoms with van der Waals surface area (Å²) in [6, 6.07) is 37.4. The lowest BCUT2D eigenvalue weighted by atomic mass is 10.0. The molecule has 0 unspecified atom stereocenters. The first-order valence-electron chi connectivity index (χ1n) is 16.4. The molecule has 8 rings (SSSR count). The molecule has 4 aromatic carbocycles. The fourth-order valence-corrected chi connectivity index (χ4v) is 6.62. The maximum atomic E-state index is 6.60. The topological polar surface area (TPSA) is 72.8 Å². The fourth-order valence-electron chi connectivity index (χ4n) is 6.62. The molecule has 0 spiro atoms. The molecule has 0 amide bonds. The van der Waals surface area contributed by atoms with Gasteiger partial charge in [0.2, 0.25) is 0 Å². The average molecular weight is 630 g/mol. The number of pyridine rings is 1. The van der Waals surface area contributed by atoms with E-state index in [9.17, 15) is 0 Å². The van der Waals surface area contributed by atoms with Crippen LogP contribution in [0.3, 0.4) is 0 Å². The Morgan fingerprint density at radius 3 is 2.27 bits per heavy atom. The zero-order valence-electron chi connectivity index (χ0n) is 27.2. The predicted molar refractivity (Wildman–Crippen MR) is 196 cm³/mol. The molecule has 1 aliphatic rings. The van der Waals surface area contributed by atoms with Crippen molar-refractivity contribution in [1.82, 2.24) is 19.3 Å². The summed E-state index contributed by atoms with van der Waals surface area (Å²) in [5.74, 6) is 3.33. The molecule has 8 nitrogen and oxygen atoms in total. The van der Waals surface area contributed by atoms with Gasteiger partial charge in [-0.05, 0) is 74.4 Å². The second kappa shape index (κ2) is 12.3. The van der Waals surface area contributed by atoms with E-state index in [1.165, 1.54) is 5.39 Å². The number of hydrogen-bond acceptors (Lipinski definition) is 6. The van der Waals surface area contributed by atoms with Crippen molar-refractivity contribution >= 4 is 40.1 Å². The fraction of sp³-hybridized carbons (Fsp3) is 0.150. The summed E-state index contributed by atoms with van der Waals surface area (Å²) in [5, 5.41) is 7.52. The molecule has 0 saturated carbocycles. The molecule has 4 heterocycles. The summed E-state index contributed by atoms with van der Waals surface area (Å²) in [6.45, 7) is 8.06. The SMILES string of the molecule is CCN(CC)c1c(-c2ccccc2)c(C2N=CC=N2)nn1-c1cccc(Oc2ccc3c4ccccc4n(-c4cc(C)ccn4)c3c2)c1. The Kier molecular flexibility index (Phi) is 7.53. The highest BCUT2D eigenvalue weighted by Gasteiger charge is 2.28. The van der Waals surface area contributed by atoms with Crippen LogP contribution in [-0.4, -0.2) is 44.9 Å². The summed E-state index contributed by atoms with van der Waals surface area (Å²) in [6.07, 6.45) is 4.96. The maximum Gasteiger partial charge on any atom is 0.184 e. The van der Waals surface area contributed by atoms with Gasteiger partial charge in [0.05, 0.1) is 22.3 Å². The molecule has 0 bridgehead atoms. The highest BCUT2D eigenvalue weighted by molar-refractivity contribution is 6.17. The highest BCUT2D eigenvalue weighted by atomic mass is 16.5. The van der Waals surface area contributed by atoms with Crippen LogP contribution in [0.1, 0.15) is 31.3 Å². The van der Waals surface area contributed by atoms with Gasteiger partial charge in [0, 0.05) is 54.6 Å². The largest absolute Gasteiger partial charge is 0.457 e. The molecule has 0 radical (unpaired) electrons. The van der Waals surface area contributed by atoms with Gasteiger partial charge in [-0.15, -0.1) is 0 Å². The Balaban J connectivity index is 1.24. The molecular formula is C40H35N7O. The number of aryl methyl sites for hydroxylation is 1. The van der Waals surface area contributed by atoms with Crippen LogP contribution in [0.15, 0.2) is 125 Å². The molecule has 8 heteroatoms.